The van der Waals surface area contributed by atoms with Gasteiger partial charge in [0, 0.05) is 17.6 Å². The number of aromatic nitrogens is 2. The molecule has 1 aromatic heterocycles. The van der Waals surface area contributed by atoms with Gasteiger partial charge in [-0.25, -0.2) is 9.78 Å². The number of benzene rings is 2. The van der Waals surface area contributed by atoms with Gasteiger partial charge in [0.15, 0.2) is 0 Å². The van der Waals surface area contributed by atoms with Crippen LogP contribution in [0.2, 0.25) is 0 Å². The highest BCUT2D eigenvalue weighted by molar-refractivity contribution is 6.31. The van der Waals surface area contributed by atoms with Gasteiger partial charge in [-0.1, -0.05) is 36.4 Å². The minimum Gasteiger partial charge on any atom is -0.493 e. The molecule has 3 rings (SSSR count). The van der Waals surface area contributed by atoms with Gasteiger partial charge in [0.25, 0.3) is 0 Å². The number of halogens is 1. The number of carbonyl (C=O) groups is 1. The zero-order valence-corrected chi connectivity index (χ0v) is 18.8. The van der Waals surface area contributed by atoms with Crippen LogP contribution in [0.1, 0.15) is 30.0 Å². The standard InChI is InChI=1S/C25H25ClN2O4/c1-4-8-18(26)13-17(3)15-28-22-10-7-6-9-21(22)27-24(28)16-32-19-11-12-20(25(29)30)23(14-19)31-5-2/h4,6-14H,3,5,15-16H2,1-2H3,(H,29,30)/b8-4-,18-13+. The molecule has 0 aliphatic heterocycles. The molecule has 0 spiro atoms. The maximum absolute atomic E-state index is 11.4. The molecule has 0 unspecified atom stereocenters. The Labute approximate surface area is 192 Å². The molecule has 1 heterocycles. The number of hydrogen-bond acceptors (Lipinski definition) is 4. The Morgan fingerprint density at radius 2 is 2.03 bits per heavy atom. The van der Waals surface area contributed by atoms with Crippen LogP contribution in [0.15, 0.2) is 77.9 Å². The summed E-state index contributed by atoms with van der Waals surface area (Å²) in [6.07, 6.45) is 5.49. The molecule has 0 saturated heterocycles. The lowest BCUT2D eigenvalue weighted by Crippen LogP contribution is -2.09. The number of imidazole rings is 1. The first-order valence-electron chi connectivity index (χ1n) is 10.2. The van der Waals surface area contributed by atoms with Crippen molar-refractivity contribution in [1.29, 1.82) is 0 Å². The summed E-state index contributed by atoms with van der Waals surface area (Å²) in [6.45, 7) is 8.85. The molecule has 0 amide bonds. The highest BCUT2D eigenvalue weighted by Gasteiger charge is 2.15. The molecule has 6 nitrogen and oxygen atoms in total. The molecule has 2 aromatic carbocycles. The predicted molar refractivity (Wildman–Crippen MR) is 127 cm³/mol. The van der Waals surface area contributed by atoms with E-state index in [2.05, 4.69) is 6.58 Å². The average molecular weight is 453 g/mol. The summed E-state index contributed by atoms with van der Waals surface area (Å²) in [5.74, 6) is 0.420. The first-order valence-corrected chi connectivity index (χ1v) is 10.6. The second-order valence-electron chi connectivity index (χ2n) is 6.98. The zero-order valence-electron chi connectivity index (χ0n) is 18.0. The SMILES string of the molecule is C=C(/C=C(Cl)\C=C/C)Cn1c(COc2ccc(C(=O)O)c(OCC)c2)nc2ccccc21. The van der Waals surface area contributed by atoms with Crippen molar-refractivity contribution in [2.75, 3.05) is 6.61 Å². The van der Waals surface area contributed by atoms with E-state index >= 15 is 0 Å². The molecule has 0 fully saturated rings. The zero-order chi connectivity index (χ0) is 23.1. The fraction of sp³-hybridized carbons (Fsp3) is 0.200. The molecular formula is C25H25ClN2O4. The molecule has 0 bridgehead atoms. The van der Waals surface area contributed by atoms with Gasteiger partial charge in [-0.3, -0.25) is 0 Å². The van der Waals surface area contributed by atoms with Crippen molar-refractivity contribution in [2.24, 2.45) is 0 Å². The predicted octanol–water partition coefficient (Wildman–Crippen LogP) is 5.97. The first-order chi connectivity index (χ1) is 15.4. The number of allylic oxidation sites excluding steroid dienone is 5. The quantitative estimate of drug-likeness (QED) is 0.384. The van der Waals surface area contributed by atoms with Gasteiger partial charge < -0.3 is 19.1 Å². The van der Waals surface area contributed by atoms with E-state index in [1.807, 2.05) is 47.9 Å². The number of rotatable bonds is 10. The van der Waals surface area contributed by atoms with Crippen molar-refractivity contribution in [1.82, 2.24) is 9.55 Å². The minimum absolute atomic E-state index is 0.0903. The van der Waals surface area contributed by atoms with Gasteiger partial charge in [0.1, 0.15) is 29.5 Å². The number of nitrogens with zero attached hydrogens (tertiary/aromatic N) is 2. The van der Waals surface area contributed by atoms with Crippen molar-refractivity contribution in [2.45, 2.75) is 27.0 Å². The van der Waals surface area contributed by atoms with E-state index in [1.54, 1.807) is 25.1 Å². The van der Waals surface area contributed by atoms with Crippen molar-refractivity contribution in [3.05, 3.63) is 89.3 Å². The summed E-state index contributed by atoms with van der Waals surface area (Å²) in [4.78, 5) is 16.1. The second kappa shape index (κ2) is 10.7. The molecule has 1 N–H and O–H groups in total. The number of para-hydroxylation sites is 2. The first kappa shape index (κ1) is 23.2. The Morgan fingerprint density at radius 1 is 1.25 bits per heavy atom. The molecule has 0 aliphatic carbocycles. The van der Waals surface area contributed by atoms with Crippen LogP contribution in [0.3, 0.4) is 0 Å². The minimum atomic E-state index is -1.05. The number of carboxylic acid groups (broad SMARTS) is 1. The Morgan fingerprint density at radius 3 is 2.75 bits per heavy atom. The Hall–Kier alpha value is -3.51. The lowest BCUT2D eigenvalue weighted by molar-refractivity contribution is 0.0692. The lowest BCUT2D eigenvalue weighted by atomic mass is 10.2. The topological polar surface area (TPSA) is 73.6 Å². The summed E-state index contributed by atoms with van der Waals surface area (Å²) in [6, 6.07) is 12.5. The van der Waals surface area contributed by atoms with Crippen LogP contribution in [0.25, 0.3) is 11.0 Å². The molecule has 166 valence electrons. The largest absolute Gasteiger partial charge is 0.493 e. The fourth-order valence-electron chi connectivity index (χ4n) is 3.26. The van der Waals surface area contributed by atoms with Gasteiger partial charge in [0.05, 0.1) is 17.6 Å². The number of carboxylic acids is 1. The van der Waals surface area contributed by atoms with Crippen LogP contribution >= 0.6 is 11.6 Å². The maximum atomic E-state index is 11.4. The summed E-state index contributed by atoms with van der Waals surface area (Å²) in [5, 5.41) is 9.93. The van der Waals surface area contributed by atoms with Gasteiger partial charge >= 0.3 is 5.97 Å². The van der Waals surface area contributed by atoms with Crippen LogP contribution in [-0.2, 0) is 13.2 Å². The number of aromatic carboxylic acids is 1. The van der Waals surface area contributed by atoms with Crippen molar-refractivity contribution >= 4 is 28.6 Å². The molecule has 32 heavy (non-hydrogen) atoms. The number of hydrogen-bond donors (Lipinski definition) is 1. The summed E-state index contributed by atoms with van der Waals surface area (Å²) in [7, 11) is 0. The summed E-state index contributed by atoms with van der Waals surface area (Å²) in [5.41, 5.74) is 2.71. The van der Waals surface area contributed by atoms with E-state index in [0.29, 0.717) is 29.8 Å². The number of fused-ring (bicyclic) bond motifs is 1. The summed E-state index contributed by atoms with van der Waals surface area (Å²) >= 11 is 6.20. The van der Waals surface area contributed by atoms with Gasteiger partial charge in [-0.15, -0.1) is 0 Å². The molecule has 7 heteroatoms. The van der Waals surface area contributed by atoms with Gasteiger partial charge in [0.2, 0.25) is 0 Å². The maximum Gasteiger partial charge on any atom is 0.339 e. The Bertz CT molecular complexity index is 1190. The highest BCUT2D eigenvalue weighted by Crippen LogP contribution is 2.26. The second-order valence-corrected chi connectivity index (χ2v) is 7.41. The van der Waals surface area contributed by atoms with Crippen LogP contribution in [-0.4, -0.2) is 27.2 Å². The molecule has 0 atom stereocenters. The van der Waals surface area contributed by atoms with E-state index in [1.165, 1.54) is 6.07 Å². The van der Waals surface area contributed by atoms with Crippen molar-refractivity contribution in [3.63, 3.8) is 0 Å². The fourth-order valence-corrected chi connectivity index (χ4v) is 3.54. The molecule has 3 aromatic rings. The third-order valence-electron chi connectivity index (χ3n) is 4.61. The monoisotopic (exact) mass is 452 g/mol. The molecule has 0 aliphatic rings. The van der Waals surface area contributed by atoms with Gasteiger partial charge in [-0.05, 0) is 55.8 Å². The number of ether oxygens (including phenoxy) is 2. The molecular weight excluding hydrogens is 428 g/mol. The third-order valence-corrected chi connectivity index (χ3v) is 4.85. The van der Waals surface area contributed by atoms with E-state index in [4.69, 9.17) is 26.1 Å². The Balaban J connectivity index is 1.87. The molecule has 0 radical (unpaired) electrons. The van der Waals surface area contributed by atoms with Crippen LogP contribution < -0.4 is 9.47 Å². The summed E-state index contributed by atoms with van der Waals surface area (Å²) < 4.78 is 13.4. The van der Waals surface area contributed by atoms with Crippen molar-refractivity contribution < 1.29 is 19.4 Å². The van der Waals surface area contributed by atoms with Crippen LogP contribution in [0.4, 0.5) is 0 Å². The van der Waals surface area contributed by atoms with E-state index < -0.39 is 5.97 Å². The highest BCUT2D eigenvalue weighted by atomic mass is 35.5. The lowest BCUT2D eigenvalue weighted by Gasteiger charge is -2.13. The van der Waals surface area contributed by atoms with Gasteiger partial charge in [-0.2, -0.15) is 0 Å². The van der Waals surface area contributed by atoms with Crippen LogP contribution in [0, 0.1) is 0 Å². The molecule has 0 saturated carbocycles. The average Bonchev–Trinajstić information content (AvgIpc) is 3.10. The Kier molecular flexibility index (Phi) is 7.73. The van der Waals surface area contributed by atoms with E-state index in [0.717, 1.165) is 16.6 Å². The van der Waals surface area contributed by atoms with Crippen LogP contribution in [0.5, 0.6) is 11.5 Å². The smallest absolute Gasteiger partial charge is 0.339 e. The normalized spacial score (nSPS) is 11.8. The third kappa shape index (κ3) is 5.59. The van der Waals surface area contributed by atoms with Crippen molar-refractivity contribution in [3.8, 4) is 11.5 Å². The van der Waals surface area contributed by atoms with E-state index in [-0.39, 0.29) is 17.9 Å². The van der Waals surface area contributed by atoms with E-state index in [9.17, 15) is 9.90 Å².